The third kappa shape index (κ3) is 2.80. The Morgan fingerprint density at radius 3 is 2.96 bits per heavy atom. The number of nitrogens with zero attached hydrogens (tertiary/aromatic N) is 5. The van der Waals surface area contributed by atoms with Crippen molar-refractivity contribution in [1.29, 1.82) is 0 Å². The number of hydrogen-bond acceptors (Lipinski definition) is 7. The molecule has 4 heterocycles. The zero-order valence-electron chi connectivity index (χ0n) is 14.0. The van der Waals surface area contributed by atoms with Crippen LogP contribution < -0.4 is 5.56 Å². The molecule has 0 N–H and O–H groups in total. The molecule has 9 heteroatoms. The standard InChI is InChI=1S/C17H15N5OS3/c1-10-8-25-16-18-11(7-14(23)21(10)16)9-26-17-20-19-15(13-3-2-6-24-13)22(17)12-4-5-12/h2-3,6-8,12H,4-5,9H2,1H3. The predicted molar refractivity (Wildman–Crippen MR) is 105 cm³/mol. The molecule has 1 aliphatic carbocycles. The van der Waals surface area contributed by atoms with Crippen molar-refractivity contribution in [2.45, 2.75) is 36.7 Å². The summed E-state index contributed by atoms with van der Waals surface area (Å²) >= 11 is 4.77. The van der Waals surface area contributed by atoms with Crippen molar-refractivity contribution in [2.75, 3.05) is 0 Å². The smallest absolute Gasteiger partial charge is 0.258 e. The van der Waals surface area contributed by atoms with Crippen LogP contribution >= 0.6 is 34.4 Å². The number of thioether (sulfide) groups is 1. The van der Waals surface area contributed by atoms with Crippen LogP contribution in [0.2, 0.25) is 0 Å². The topological polar surface area (TPSA) is 65.1 Å². The van der Waals surface area contributed by atoms with Crippen LogP contribution in [0.4, 0.5) is 0 Å². The molecule has 0 saturated heterocycles. The molecule has 1 fully saturated rings. The second kappa shape index (κ2) is 6.33. The van der Waals surface area contributed by atoms with Crippen molar-refractivity contribution >= 4 is 39.4 Å². The Morgan fingerprint density at radius 2 is 2.19 bits per heavy atom. The van der Waals surface area contributed by atoms with Gasteiger partial charge in [-0.3, -0.25) is 13.8 Å². The lowest BCUT2D eigenvalue weighted by atomic mass is 10.4. The molecule has 0 atom stereocenters. The van der Waals surface area contributed by atoms with Crippen molar-refractivity contribution in [2.24, 2.45) is 0 Å². The number of rotatable bonds is 5. The molecule has 6 nitrogen and oxygen atoms in total. The molecule has 0 spiro atoms. The Kier molecular flexibility index (Phi) is 3.95. The molecule has 0 unspecified atom stereocenters. The lowest BCUT2D eigenvalue weighted by molar-refractivity contribution is 0.670. The van der Waals surface area contributed by atoms with Crippen molar-refractivity contribution < 1.29 is 0 Å². The van der Waals surface area contributed by atoms with Gasteiger partial charge in [-0.2, -0.15) is 0 Å². The van der Waals surface area contributed by atoms with E-state index >= 15 is 0 Å². The number of aromatic nitrogens is 5. The molecular formula is C17H15N5OS3. The van der Waals surface area contributed by atoms with Gasteiger partial charge in [-0.25, -0.2) is 4.98 Å². The van der Waals surface area contributed by atoms with Gasteiger partial charge in [0.1, 0.15) is 0 Å². The Morgan fingerprint density at radius 1 is 1.31 bits per heavy atom. The highest BCUT2D eigenvalue weighted by Gasteiger charge is 2.30. The van der Waals surface area contributed by atoms with E-state index in [1.165, 1.54) is 24.2 Å². The summed E-state index contributed by atoms with van der Waals surface area (Å²) in [5, 5.41) is 13.8. The SMILES string of the molecule is Cc1csc2nc(CSc3nnc(-c4cccs4)n3C3CC3)cc(=O)n12. The Labute approximate surface area is 161 Å². The normalized spacial score (nSPS) is 14.3. The first-order valence-corrected chi connectivity index (χ1v) is 11.0. The molecule has 5 rings (SSSR count). The maximum atomic E-state index is 12.3. The highest BCUT2D eigenvalue weighted by atomic mass is 32.2. The summed E-state index contributed by atoms with van der Waals surface area (Å²) in [5.74, 6) is 1.56. The molecule has 0 amide bonds. The average Bonchev–Trinajstić information content (AvgIpc) is 3.03. The summed E-state index contributed by atoms with van der Waals surface area (Å²) in [6, 6.07) is 6.23. The van der Waals surface area contributed by atoms with E-state index in [1.807, 2.05) is 18.4 Å². The summed E-state index contributed by atoms with van der Waals surface area (Å²) in [6.45, 7) is 1.92. The van der Waals surface area contributed by atoms with E-state index in [0.29, 0.717) is 11.8 Å². The summed E-state index contributed by atoms with van der Waals surface area (Å²) in [4.78, 5) is 18.8. The van der Waals surface area contributed by atoms with E-state index in [4.69, 9.17) is 0 Å². The Hall–Kier alpha value is -1.97. The van der Waals surface area contributed by atoms with Gasteiger partial charge in [0, 0.05) is 28.9 Å². The fraction of sp³-hybridized carbons (Fsp3) is 0.294. The lowest BCUT2D eigenvalue weighted by Crippen LogP contribution is -2.14. The quantitative estimate of drug-likeness (QED) is 0.473. The van der Waals surface area contributed by atoms with Gasteiger partial charge in [0.15, 0.2) is 15.9 Å². The van der Waals surface area contributed by atoms with Crippen LogP contribution in [0, 0.1) is 6.92 Å². The molecule has 26 heavy (non-hydrogen) atoms. The zero-order valence-corrected chi connectivity index (χ0v) is 16.4. The van der Waals surface area contributed by atoms with Crippen LogP contribution in [-0.2, 0) is 5.75 Å². The van der Waals surface area contributed by atoms with Crippen molar-refractivity contribution in [3.05, 3.63) is 50.7 Å². The van der Waals surface area contributed by atoms with Gasteiger partial charge in [0.05, 0.1) is 10.6 Å². The summed E-state index contributed by atoms with van der Waals surface area (Å²) < 4.78 is 3.90. The van der Waals surface area contributed by atoms with E-state index in [-0.39, 0.29) is 5.56 Å². The van der Waals surface area contributed by atoms with Crippen LogP contribution in [-0.4, -0.2) is 24.1 Å². The van der Waals surface area contributed by atoms with Crippen LogP contribution in [0.1, 0.15) is 30.3 Å². The van der Waals surface area contributed by atoms with E-state index in [0.717, 1.165) is 32.2 Å². The average molecular weight is 402 g/mol. The highest BCUT2D eigenvalue weighted by Crippen LogP contribution is 2.42. The van der Waals surface area contributed by atoms with Crippen LogP contribution in [0.15, 0.2) is 38.9 Å². The van der Waals surface area contributed by atoms with Gasteiger partial charge in [-0.05, 0) is 31.2 Å². The number of hydrogen-bond donors (Lipinski definition) is 0. The maximum Gasteiger partial charge on any atom is 0.258 e. The fourth-order valence-electron chi connectivity index (χ4n) is 2.92. The second-order valence-corrected chi connectivity index (χ2v) is 8.98. The van der Waals surface area contributed by atoms with Crippen LogP contribution in [0.25, 0.3) is 15.7 Å². The zero-order chi connectivity index (χ0) is 17.7. The van der Waals surface area contributed by atoms with Gasteiger partial charge in [-0.15, -0.1) is 32.9 Å². The second-order valence-electron chi connectivity index (χ2n) is 6.25. The van der Waals surface area contributed by atoms with Crippen LogP contribution in [0.5, 0.6) is 0 Å². The molecule has 0 bridgehead atoms. The molecule has 1 saturated carbocycles. The maximum absolute atomic E-state index is 12.3. The first-order valence-electron chi connectivity index (χ1n) is 8.29. The fourth-order valence-corrected chi connectivity index (χ4v) is 5.42. The van der Waals surface area contributed by atoms with Crippen molar-refractivity contribution in [3.63, 3.8) is 0 Å². The van der Waals surface area contributed by atoms with E-state index < -0.39 is 0 Å². The number of thiophene rings is 1. The first-order chi connectivity index (χ1) is 12.7. The first kappa shape index (κ1) is 16.2. The lowest BCUT2D eigenvalue weighted by Gasteiger charge is -2.07. The minimum absolute atomic E-state index is 0.0210. The van der Waals surface area contributed by atoms with Gasteiger partial charge < -0.3 is 0 Å². The highest BCUT2D eigenvalue weighted by molar-refractivity contribution is 7.98. The number of fused-ring (bicyclic) bond motifs is 1. The Bertz CT molecular complexity index is 1140. The van der Waals surface area contributed by atoms with E-state index in [1.54, 1.807) is 33.6 Å². The molecule has 132 valence electrons. The van der Waals surface area contributed by atoms with E-state index in [9.17, 15) is 4.79 Å². The van der Waals surface area contributed by atoms with Crippen LogP contribution in [0.3, 0.4) is 0 Å². The molecule has 1 aliphatic rings. The summed E-state index contributed by atoms with van der Waals surface area (Å²) in [5.41, 5.74) is 1.69. The molecular weight excluding hydrogens is 386 g/mol. The van der Waals surface area contributed by atoms with Crippen molar-refractivity contribution in [1.82, 2.24) is 24.1 Å². The largest absolute Gasteiger partial charge is 0.298 e. The third-order valence-electron chi connectivity index (χ3n) is 4.30. The number of thiazole rings is 1. The van der Waals surface area contributed by atoms with Gasteiger partial charge in [0.2, 0.25) is 0 Å². The summed E-state index contributed by atoms with van der Waals surface area (Å²) in [6.07, 6.45) is 2.34. The van der Waals surface area contributed by atoms with Gasteiger partial charge in [0.25, 0.3) is 5.56 Å². The molecule has 0 aliphatic heterocycles. The number of aryl methyl sites for hydroxylation is 1. The molecule has 4 aromatic heterocycles. The predicted octanol–water partition coefficient (Wildman–Crippen LogP) is 4.01. The molecule has 0 aromatic carbocycles. The van der Waals surface area contributed by atoms with Crippen molar-refractivity contribution in [3.8, 4) is 10.7 Å². The minimum atomic E-state index is -0.0210. The summed E-state index contributed by atoms with van der Waals surface area (Å²) in [7, 11) is 0. The molecule has 0 radical (unpaired) electrons. The monoisotopic (exact) mass is 401 g/mol. The third-order valence-corrected chi connectivity index (χ3v) is 7.08. The molecule has 4 aromatic rings. The minimum Gasteiger partial charge on any atom is -0.298 e. The Balaban J connectivity index is 1.45. The van der Waals surface area contributed by atoms with Gasteiger partial charge >= 0.3 is 0 Å². The van der Waals surface area contributed by atoms with E-state index in [2.05, 4.69) is 31.2 Å². The van der Waals surface area contributed by atoms with Gasteiger partial charge in [-0.1, -0.05) is 17.8 Å².